The van der Waals surface area contributed by atoms with Crippen LogP contribution in [0.25, 0.3) is 0 Å². The van der Waals surface area contributed by atoms with E-state index < -0.39 is 0 Å². The van der Waals surface area contributed by atoms with Gasteiger partial charge < -0.3 is 14.6 Å². The summed E-state index contributed by atoms with van der Waals surface area (Å²) in [6, 6.07) is 13.7. The van der Waals surface area contributed by atoms with E-state index in [0.717, 1.165) is 29.0 Å². The van der Waals surface area contributed by atoms with Gasteiger partial charge in [-0.25, -0.2) is 0 Å². The minimum Gasteiger partial charge on any atom is -0.488 e. The Labute approximate surface area is 159 Å². The smallest absolute Gasteiger partial charge is 0.278 e. The average Bonchev–Trinajstić information content (AvgIpc) is 3.02. The molecule has 0 bridgehead atoms. The number of carbonyl (C=O) groups excluding carboxylic acids is 1. The summed E-state index contributed by atoms with van der Waals surface area (Å²) in [6.07, 6.45) is 0.830. The molecule has 0 aliphatic carbocycles. The zero-order valence-corrected chi connectivity index (χ0v) is 16.1. The van der Waals surface area contributed by atoms with Crippen LogP contribution in [0.5, 0.6) is 5.75 Å². The van der Waals surface area contributed by atoms with Crippen molar-refractivity contribution in [2.45, 2.75) is 40.7 Å². The van der Waals surface area contributed by atoms with Gasteiger partial charge in [0, 0.05) is 5.69 Å². The summed E-state index contributed by atoms with van der Waals surface area (Å²) in [7, 11) is 0. The minimum absolute atomic E-state index is 0.220. The van der Waals surface area contributed by atoms with E-state index in [1.165, 1.54) is 5.56 Å². The third-order valence-corrected chi connectivity index (χ3v) is 4.55. The highest BCUT2D eigenvalue weighted by Crippen LogP contribution is 2.23. The molecule has 0 atom stereocenters. The molecule has 27 heavy (non-hydrogen) atoms. The Morgan fingerprint density at radius 1 is 1.15 bits per heavy atom. The maximum atomic E-state index is 12.8. The first-order chi connectivity index (χ1) is 13.0. The van der Waals surface area contributed by atoms with Gasteiger partial charge in [-0.15, -0.1) is 0 Å². The van der Waals surface area contributed by atoms with Crippen LogP contribution in [0.2, 0.25) is 0 Å². The summed E-state index contributed by atoms with van der Waals surface area (Å²) in [5, 5.41) is 6.88. The Kier molecular flexibility index (Phi) is 5.60. The van der Waals surface area contributed by atoms with Crippen LogP contribution in [0.4, 0.5) is 5.69 Å². The molecule has 1 N–H and O–H groups in total. The molecule has 5 nitrogen and oxygen atoms in total. The Bertz CT molecular complexity index is 960. The van der Waals surface area contributed by atoms with Crippen molar-refractivity contribution in [2.24, 2.45) is 0 Å². The highest BCUT2D eigenvalue weighted by molar-refractivity contribution is 6.04. The number of hydrogen-bond donors (Lipinski definition) is 1. The predicted molar refractivity (Wildman–Crippen MR) is 105 cm³/mol. The van der Waals surface area contributed by atoms with Crippen LogP contribution in [0.15, 0.2) is 47.0 Å². The van der Waals surface area contributed by atoms with E-state index in [-0.39, 0.29) is 18.2 Å². The van der Waals surface area contributed by atoms with Gasteiger partial charge in [0.25, 0.3) is 5.91 Å². The van der Waals surface area contributed by atoms with Crippen molar-refractivity contribution in [1.82, 2.24) is 5.16 Å². The molecule has 1 aromatic heterocycles. The minimum atomic E-state index is -0.299. The predicted octanol–water partition coefficient (Wildman–Crippen LogP) is 4.99. The number of aryl methyl sites for hydroxylation is 4. The molecule has 140 valence electrons. The van der Waals surface area contributed by atoms with Gasteiger partial charge >= 0.3 is 0 Å². The lowest BCUT2D eigenvalue weighted by molar-refractivity contribution is 0.101. The topological polar surface area (TPSA) is 64.4 Å². The van der Waals surface area contributed by atoms with Gasteiger partial charge in [-0.05, 0) is 50.5 Å². The zero-order valence-electron chi connectivity index (χ0n) is 16.1. The second kappa shape index (κ2) is 8.08. The first kappa shape index (κ1) is 18.7. The van der Waals surface area contributed by atoms with Crippen molar-refractivity contribution in [1.29, 1.82) is 0 Å². The first-order valence-electron chi connectivity index (χ1n) is 9.04. The lowest BCUT2D eigenvalue weighted by Gasteiger charge is -2.11. The second-order valence-electron chi connectivity index (χ2n) is 6.59. The molecular formula is C22H24N2O3. The van der Waals surface area contributed by atoms with Crippen molar-refractivity contribution in [3.8, 4) is 5.75 Å². The lowest BCUT2D eigenvalue weighted by Crippen LogP contribution is -2.16. The molecule has 1 heterocycles. The zero-order chi connectivity index (χ0) is 19.4. The molecule has 0 spiro atoms. The fourth-order valence-corrected chi connectivity index (χ4v) is 2.98. The van der Waals surface area contributed by atoms with Crippen LogP contribution in [-0.4, -0.2) is 11.1 Å². The number of aromatic nitrogens is 1. The van der Waals surface area contributed by atoms with Gasteiger partial charge in [-0.2, -0.15) is 0 Å². The van der Waals surface area contributed by atoms with Gasteiger partial charge in [0.2, 0.25) is 0 Å². The van der Waals surface area contributed by atoms with E-state index in [0.29, 0.717) is 11.3 Å². The van der Waals surface area contributed by atoms with Gasteiger partial charge in [0.1, 0.15) is 18.1 Å². The number of hydrogen-bond acceptors (Lipinski definition) is 4. The molecule has 5 heteroatoms. The van der Waals surface area contributed by atoms with Crippen molar-refractivity contribution in [3.05, 3.63) is 76.2 Å². The fraction of sp³-hybridized carbons (Fsp3) is 0.273. The Balaban J connectivity index is 1.78. The molecule has 0 saturated carbocycles. The number of nitrogens with zero attached hydrogens (tertiary/aromatic N) is 1. The number of benzene rings is 2. The maximum absolute atomic E-state index is 12.8. The Hall–Kier alpha value is -3.08. The van der Waals surface area contributed by atoms with E-state index in [4.69, 9.17) is 9.26 Å². The van der Waals surface area contributed by atoms with E-state index in [2.05, 4.69) is 23.5 Å². The van der Waals surface area contributed by atoms with Crippen LogP contribution in [0.1, 0.15) is 45.4 Å². The SMILES string of the molecule is CCc1ccccc1NC(=O)c1noc(C)c1COc1ccc(C)cc1C. The Morgan fingerprint density at radius 2 is 1.93 bits per heavy atom. The number of anilines is 1. The number of para-hydroxylation sites is 1. The molecule has 0 saturated heterocycles. The highest BCUT2D eigenvalue weighted by atomic mass is 16.5. The van der Waals surface area contributed by atoms with Gasteiger partial charge in [-0.3, -0.25) is 4.79 Å². The monoisotopic (exact) mass is 364 g/mol. The lowest BCUT2D eigenvalue weighted by atomic mass is 10.1. The molecule has 0 aliphatic heterocycles. The van der Waals surface area contributed by atoms with E-state index in [1.54, 1.807) is 6.92 Å². The number of amides is 1. The second-order valence-corrected chi connectivity index (χ2v) is 6.59. The molecule has 3 aromatic rings. The quantitative estimate of drug-likeness (QED) is 0.669. The normalized spacial score (nSPS) is 10.7. The number of nitrogens with one attached hydrogen (secondary N) is 1. The van der Waals surface area contributed by atoms with E-state index in [9.17, 15) is 4.79 Å². The van der Waals surface area contributed by atoms with Crippen molar-refractivity contribution < 1.29 is 14.1 Å². The summed E-state index contributed by atoms with van der Waals surface area (Å²) in [4.78, 5) is 12.8. The van der Waals surface area contributed by atoms with Crippen LogP contribution in [0.3, 0.4) is 0 Å². The number of ether oxygens (including phenoxy) is 1. The molecule has 1 amide bonds. The molecule has 0 unspecified atom stereocenters. The van der Waals surface area contributed by atoms with Gasteiger partial charge in [0.15, 0.2) is 5.69 Å². The van der Waals surface area contributed by atoms with E-state index in [1.807, 2.05) is 50.2 Å². The van der Waals surface area contributed by atoms with Crippen molar-refractivity contribution >= 4 is 11.6 Å². The molecule has 0 radical (unpaired) electrons. The number of rotatable bonds is 6. The molecule has 2 aromatic carbocycles. The number of carbonyl (C=O) groups is 1. The fourth-order valence-electron chi connectivity index (χ4n) is 2.98. The molecular weight excluding hydrogens is 340 g/mol. The third kappa shape index (κ3) is 4.19. The summed E-state index contributed by atoms with van der Waals surface area (Å²) >= 11 is 0. The van der Waals surface area contributed by atoms with Crippen LogP contribution < -0.4 is 10.1 Å². The molecule has 3 rings (SSSR count). The third-order valence-electron chi connectivity index (χ3n) is 4.55. The maximum Gasteiger partial charge on any atom is 0.278 e. The summed E-state index contributed by atoms with van der Waals surface area (Å²) in [5.74, 6) is 1.06. The van der Waals surface area contributed by atoms with Gasteiger partial charge in [-0.1, -0.05) is 48.0 Å². The summed E-state index contributed by atoms with van der Waals surface area (Å²) in [6.45, 7) is 8.09. The Morgan fingerprint density at radius 3 is 2.67 bits per heavy atom. The summed E-state index contributed by atoms with van der Waals surface area (Å²) < 4.78 is 11.2. The molecule has 0 aliphatic rings. The summed E-state index contributed by atoms with van der Waals surface area (Å²) in [5.41, 5.74) is 4.98. The van der Waals surface area contributed by atoms with Crippen molar-refractivity contribution in [3.63, 3.8) is 0 Å². The average molecular weight is 364 g/mol. The van der Waals surface area contributed by atoms with Crippen molar-refractivity contribution in [2.75, 3.05) is 5.32 Å². The van der Waals surface area contributed by atoms with Gasteiger partial charge in [0.05, 0.1) is 5.56 Å². The standard InChI is InChI=1S/C22H24N2O3/c1-5-17-8-6-7-9-19(17)23-22(25)21-18(16(4)27-24-21)13-26-20-11-10-14(2)12-15(20)3/h6-12H,5,13H2,1-4H3,(H,23,25). The van der Waals surface area contributed by atoms with Crippen LogP contribution in [0, 0.1) is 20.8 Å². The molecule has 0 fully saturated rings. The van der Waals surface area contributed by atoms with Crippen LogP contribution >= 0.6 is 0 Å². The highest BCUT2D eigenvalue weighted by Gasteiger charge is 2.21. The largest absolute Gasteiger partial charge is 0.488 e. The van der Waals surface area contributed by atoms with Crippen LogP contribution in [-0.2, 0) is 13.0 Å². The van der Waals surface area contributed by atoms with E-state index >= 15 is 0 Å². The first-order valence-corrected chi connectivity index (χ1v) is 9.04.